The number of rotatable bonds is 5. The van der Waals surface area contributed by atoms with Gasteiger partial charge in [0.15, 0.2) is 0 Å². The fraction of sp³-hybridized carbons (Fsp3) is 0.158. The van der Waals surface area contributed by atoms with Crippen LogP contribution in [0.2, 0.25) is 0 Å². The van der Waals surface area contributed by atoms with E-state index in [1.807, 2.05) is 61.5 Å². The van der Waals surface area contributed by atoms with Gasteiger partial charge in [0, 0.05) is 16.1 Å². The summed E-state index contributed by atoms with van der Waals surface area (Å²) in [6.07, 6.45) is 0.322. The molecule has 0 bridgehead atoms. The molecule has 0 atom stereocenters. The lowest BCUT2D eigenvalue weighted by atomic mass is 10.2. The third-order valence-corrected chi connectivity index (χ3v) is 4.81. The van der Waals surface area contributed by atoms with E-state index in [9.17, 15) is 4.79 Å². The molecule has 4 nitrogen and oxygen atoms in total. The number of thiazole rings is 1. The van der Waals surface area contributed by atoms with Gasteiger partial charge in [-0.2, -0.15) is 0 Å². The molecule has 0 aliphatic carbocycles. The second-order valence-corrected chi connectivity index (χ2v) is 6.43. The number of aryl methyl sites for hydroxylation is 1. The summed E-state index contributed by atoms with van der Waals surface area (Å²) < 4.78 is 5.11. The van der Waals surface area contributed by atoms with Crippen molar-refractivity contribution in [2.45, 2.75) is 13.3 Å². The van der Waals surface area contributed by atoms with E-state index in [0.717, 1.165) is 32.6 Å². The average Bonchev–Trinajstić information content (AvgIpc) is 2.97. The van der Waals surface area contributed by atoms with Gasteiger partial charge in [-0.3, -0.25) is 4.79 Å². The molecular formula is C19H18N2O2S. The first-order valence-corrected chi connectivity index (χ1v) is 8.43. The predicted octanol–water partition coefficient (Wildman–Crippen LogP) is 4.31. The highest BCUT2D eigenvalue weighted by Crippen LogP contribution is 2.28. The maximum atomic E-state index is 12.3. The number of methoxy groups -OCH3 is 1. The minimum atomic E-state index is -0.0495. The summed E-state index contributed by atoms with van der Waals surface area (Å²) in [5.74, 6) is 0.713. The van der Waals surface area contributed by atoms with E-state index < -0.39 is 0 Å². The Bertz CT molecular complexity index is 826. The molecule has 1 amide bonds. The molecule has 0 aliphatic heterocycles. The molecule has 3 aromatic rings. The molecule has 1 N–H and O–H groups in total. The van der Waals surface area contributed by atoms with E-state index in [1.54, 1.807) is 18.4 Å². The number of anilines is 1. The Morgan fingerprint density at radius 1 is 1.12 bits per heavy atom. The quantitative estimate of drug-likeness (QED) is 0.754. The molecule has 0 spiro atoms. The van der Waals surface area contributed by atoms with Gasteiger partial charge in [-0.25, -0.2) is 4.98 Å². The van der Waals surface area contributed by atoms with Crippen molar-refractivity contribution in [3.8, 4) is 16.3 Å². The van der Waals surface area contributed by atoms with Crippen LogP contribution in [-0.4, -0.2) is 18.0 Å². The molecule has 3 rings (SSSR count). The molecular weight excluding hydrogens is 320 g/mol. The highest BCUT2D eigenvalue weighted by Gasteiger charge is 2.13. The Kier molecular flexibility index (Phi) is 4.91. The Morgan fingerprint density at radius 3 is 2.50 bits per heavy atom. The lowest BCUT2D eigenvalue weighted by molar-refractivity contribution is -0.115. The molecule has 5 heteroatoms. The van der Waals surface area contributed by atoms with Gasteiger partial charge in [0.25, 0.3) is 0 Å². The number of carbonyl (C=O) groups is 1. The van der Waals surface area contributed by atoms with E-state index in [1.165, 1.54) is 0 Å². The molecule has 0 radical (unpaired) electrons. The highest BCUT2D eigenvalue weighted by molar-refractivity contribution is 7.15. The molecule has 0 unspecified atom stereocenters. The number of nitrogens with zero attached hydrogens (tertiary/aromatic N) is 1. The van der Waals surface area contributed by atoms with Crippen LogP contribution in [0.25, 0.3) is 10.6 Å². The zero-order chi connectivity index (χ0) is 16.9. The zero-order valence-electron chi connectivity index (χ0n) is 13.6. The maximum Gasteiger partial charge on any atom is 0.229 e. The van der Waals surface area contributed by atoms with Gasteiger partial charge in [-0.05, 0) is 31.2 Å². The Labute approximate surface area is 145 Å². The van der Waals surface area contributed by atoms with Gasteiger partial charge >= 0.3 is 0 Å². The predicted molar refractivity (Wildman–Crippen MR) is 97.6 cm³/mol. The number of aromatic nitrogens is 1. The topological polar surface area (TPSA) is 51.2 Å². The molecule has 1 heterocycles. The Balaban J connectivity index is 1.69. The van der Waals surface area contributed by atoms with Crippen LogP contribution in [0.15, 0.2) is 54.6 Å². The van der Waals surface area contributed by atoms with Crippen molar-refractivity contribution in [3.63, 3.8) is 0 Å². The summed E-state index contributed by atoms with van der Waals surface area (Å²) in [6.45, 7) is 1.94. The van der Waals surface area contributed by atoms with Crippen LogP contribution in [0.4, 0.5) is 5.69 Å². The first-order chi connectivity index (χ1) is 11.7. The van der Waals surface area contributed by atoms with Gasteiger partial charge in [-0.15, -0.1) is 11.3 Å². The second kappa shape index (κ2) is 7.27. The SMILES string of the molecule is COc1ccc(NC(=O)Cc2sc(-c3ccccc3)nc2C)cc1. The summed E-state index contributed by atoms with van der Waals surface area (Å²) in [6, 6.07) is 17.3. The van der Waals surface area contributed by atoms with E-state index >= 15 is 0 Å². The number of hydrogen-bond donors (Lipinski definition) is 1. The summed E-state index contributed by atoms with van der Waals surface area (Å²) in [5.41, 5.74) is 2.74. The van der Waals surface area contributed by atoms with Crippen molar-refractivity contribution in [1.29, 1.82) is 0 Å². The van der Waals surface area contributed by atoms with Crippen LogP contribution < -0.4 is 10.1 Å². The fourth-order valence-electron chi connectivity index (χ4n) is 2.32. The van der Waals surface area contributed by atoms with Crippen molar-refractivity contribution in [2.24, 2.45) is 0 Å². The lowest BCUT2D eigenvalue weighted by Gasteiger charge is -2.05. The zero-order valence-corrected chi connectivity index (χ0v) is 14.4. The van der Waals surface area contributed by atoms with Crippen molar-refractivity contribution in [1.82, 2.24) is 4.98 Å². The molecule has 0 saturated heterocycles. The number of hydrogen-bond acceptors (Lipinski definition) is 4. The van der Waals surface area contributed by atoms with E-state index in [-0.39, 0.29) is 5.91 Å². The largest absolute Gasteiger partial charge is 0.497 e. The molecule has 122 valence electrons. The number of benzene rings is 2. The fourth-order valence-corrected chi connectivity index (χ4v) is 3.39. The van der Waals surface area contributed by atoms with Crippen molar-refractivity contribution >= 4 is 22.9 Å². The summed E-state index contributed by atoms with van der Waals surface area (Å²) >= 11 is 1.57. The van der Waals surface area contributed by atoms with Crippen LogP contribution in [0, 0.1) is 6.92 Å². The van der Waals surface area contributed by atoms with E-state index in [2.05, 4.69) is 10.3 Å². The second-order valence-electron chi connectivity index (χ2n) is 5.35. The van der Waals surface area contributed by atoms with Crippen LogP contribution in [-0.2, 0) is 11.2 Å². The van der Waals surface area contributed by atoms with E-state index in [0.29, 0.717) is 6.42 Å². The maximum absolute atomic E-state index is 12.3. The van der Waals surface area contributed by atoms with Crippen LogP contribution >= 0.6 is 11.3 Å². The minimum absolute atomic E-state index is 0.0495. The monoisotopic (exact) mass is 338 g/mol. The standard InChI is InChI=1S/C19H18N2O2S/c1-13-17(24-19(20-13)14-6-4-3-5-7-14)12-18(22)21-15-8-10-16(23-2)11-9-15/h3-11H,12H2,1-2H3,(H,21,22). The Hall–Kier alpha value is -2.66. The molecule has 0 aliphatic rings. The first kappa shape index (κ1) is 16.2. The number of carbonyl (C=O) groups excluding carboxylic acids is 1. The van der Waals surface area contributed by atoms with Gasteiger partial charge in [0.1, 0.15) is 10.8 Å². The van der Waals surface area contributed by atoms with Gasteiger partial charge in [0.05, 0.1) is 19.2 Å². The van der Waals surface area contributed by atoms with Crippen molar-refractivity contribution in [3.05, 3.63) is 65.2 Å². The minimum Gasteiger partial charge on any atom is -0.497 e. The molecule has 0 fully saturated rings. The molecule has 2 aromatic carbocycles. The smallest absolute Gasteiger partial charge is 0.229 e. The third kappa shape index (κ3) is 3.81. The highest BCUT2D eigenvalue weighted by atomic mass is 32.1. The molecule has 24 heavy (non-hydrogen) atoms. The van der Waals surface area contributed by atoms with Gasteiger partial charge in [-0.1, -0.05) is 30.3 Å². The third-order valence-electron chi connectivity index (χ3n) is 3.61. The molecule has 1 aromatic heterocycles. The van der Waals surface area contributed by atoms with E-state index in [4.69, 9.17) is 4.74 Å². The summed E-state index contributed by atoms with van der Waals surface area (Å²) in [5, 5.41) is 3.85. The van der Waals surface area contributed by atoms with Gasteiger partial charge < -0.3 is 10.1 Å². The number of nitrogens with one attached hydrogen (secondary N) is 1. The van der Waals surface area contributed by atoms with Gasteiger partial charge in [0.2, 0.25) is 5.91 Å². The normalized spacial score (nSPS) is 10.4. The Morgan fingerprint density at radius 2 is 1.83 bits per heavy atom. The van der Waals surface area contributed by atoms with Crippen LogP contribution in [0.5, 0.6) is 5.75 Å². The number of ether oxygens (including phenoxy) is 1. The number of amides is 1. The van der Waals surface area contributed by atoms with Crippen LogP contribution in [0.3, 0.4) is 0 Å². The summed E-state index contributed by atoms with van der Waals surface area (Å²) in [4.78, 5) is 17.8. The van der Waals surface area contributed by atoms with Crippen molar-refractivity contribution in [2.75, 3.05) is 12.4 Å². The molecule has 0 saturated carbocycles. The first-order valence-electron chi connectivity index (χ1n) is 7.61. The van der Waals surface area contributed by atoms with Crippen molar-refractivity contribution < 1.29 is 9.53 Å². The summed E-state index contributed by atoms with van der Waals surface area (Å²) in [7, 11) is 1.62. The van der Waals surface area contributed by atoms with Crippen LogP contribution in [0.1, 0.15) is 10.6 Å². The lowest BCUT2D eigenvalue weighted by Crippen LogP contribution is -2.14. The average molecular weight is 338 g/mol.